The molecule has 1 aromatic heterocycles. The molecule has 0 atom stereocenters. The van der Waals surface area contributed by atoms with Gasteiger partial charge in [0, 0.05) is 24.4 Å². The van der Waals surface area contributed by atoms with Crippen LogP contribution >= 0.6 is 0 Å². The monoisotopic (exact) mass is 354 g/mol. The standard InChI is InChI=1S/C20H22N2O4/c1-22-12-16(13-6-8-15(23-2)9-7-13)19(21-22)14-10-17(24-3)20(26-5)18(11-14)25-4/h6-12H,1-5H3. The summed E-state index contributed by atoms with van der Waals surface area (Å²) in [6.45, 7) is 0. The first kappa shape index (κ1) is 17.7. The molecule has 2 aromatic carbocycles. The fourth-order valence-corrected chi connectivity index (χ4v) is 2.90. The highest BCUT2D eigenvalue weighted by Crippen LogP contribution is 2.42. The Hall–Kier alpha value is -3.15. The van der Waals surface area contributed by atoms with E-state index in [0.717, 1.165) is 28.1 Å². The number of aromatic nitrogens is 2. The van der Waals surface area contributed by atoms with E-state index in [9.17, 15) is 0 Å². The molecule has 3 rings (SSSR count). The molecule has 0 unspecified atom stereocenters. The zero-order valence-corrected chi connectivity index (χ0v) is 15.6. The van der Waals surface area contributed by atoms with Crippen molar-refractivity contribution in [3.8, 4) is 45.4 Å². The van der Waals surface area contributed by atoms with Gasteiger partial charge in [0.1, 0.15) is 11.4 Å². The van der Waals surface area contributed by atoms with Gasteiger partial charge in [-0.1, -0.05) is 12.1 Å². The summed E-state index contributed by atoms with van der Waals surface area (Å²) in [6.07, 6.45) is 1.99. The minimum atomic E-state index is 0.556. The molecule has 1 heterocycles. The van der Waals surface area contributed by atoms with Crippen molar-refractivity contribution in [3.63, 3.8) is 0 Å². The van der Waals surface area contributed by atoms with Crippen LogP contribution in [0, 0.1) is 0 Å². The lowest BCUT2D eigenvalue weighted by atomic mass is 10.0. The van der Waals surface area contributed by atoms with Crippen LogP contribution in [0.4, 0.5) is 0 Å². The highest BCUT2D eigenvalue weighted by atomic mass is 16.5. The molecule has 0 amide bonds. The quantitative estimate of drug-likeness (QED) is 0.674. The molecule has 0 saturated heterocycles. The van der Waals surface area contributed by atoms with Crippen molar-refractivity contribution in [2.45, 2.75) is 0 Å². The molecule has 136 valence electrons. The third kappa shape index (κ3) is 3.18. The number of benzene rings is 2. The second-order valence-corrected chi connectivity index (χ2v) is 5.71. The van der Waals surface area contributed by atoms with E-state index in [-0.39, 0.29) is 0 Å². The Kier molecular flexibility index (Phi) is 5.02. The Morgan fingerprint density at radius 3 is 1.88 bits per heavy atom. The van der Waals surface area contributed by atoms with Gasteiger partial charge in [0.05, 0.1) is 28.4 Å². The molecular weight excluding hydrogens is 332 g/mol. The number of rotatable bonds is 6. The average Bonchev–Trinajstić information content (AvgIpc) is 3.08. The van der Waals surface area contributed by atoms with Crippen molar-refractivity contribution in [2.24, 2.45) is 7.05 Å². The number of nitrogens with zero attached hydrogens (tertiary/aromatic N) is 2. The third-order valence-corrected chi connectivity index (χ3v) is 4.17. The second kappa shape index (κ2) is 7.39. The fraction of sp³-hybridized carbons (Fsp3) is 0.250. The summed E-state index contributed by atoms with van der Waals surface area (Å²) in [5.74, 6) is 2.55. The smallest absolute Gasteiger partial charge is 0.203 e. The number of hydrogen-bond donors (Lipinski definition) is 0. The number of methoxy groups -OCH3 is 4. The van der Waals surface area contributed by atoms with Crippen molar-refractivity contribution < 1.29 is 18.9 Å². The molecule has 6 nitrogen and oxygen atoms in total. The predicted molar refractivity (Wildman–Crippen MR) is 100 cm³/mol. The third-order valence-electron chi connectivity index (χ3n) is 4.17. The first-order chi connectivity index (χ1) is 12.6. The van der Waals surface area contributed by atoms with E-state index in [4.69, 9.17) is 18.9 Å². The highest BCUT2D eigenvalue weighted by Gasteiger charge is 2.18. The van der Waals surface area contributed by atoms with Crippen molar-refractivity contribution >= 4 is 0 Å². The minimum absolute atomic E-state index is 0.556. The summed E-state index contributed by atoms with van der Waals surface area (Å²) >= 11 is 0. The Bertz CT molecular complexity index is 876. The molecule has 0 aliphatic rings. The average molecular weight is 354 g/mol. The normalized spacial score (nSPS) is 10.5. The van der Waals surface area contributed by atoms with E-state index in [1.54, 1.807) is 33.1 Å². The summed E-state index contributed by atoms with van der Waals surface area (Å²) < 4.78 is 23.4. The maximum absolute atomic E-state index is 5.47. The molecule has 26 heavy (non-hydrogen) atoms. The Morgan fingerprint density at radius 2 is 1.38 bits per heavy atom. The van der Waals surface area contributed by atoms with Crippen molar-refractivity contribution in [2.75, 3.05) is 28.4 Å². The van der Waals surface area contributed by atoms with E-state index in [1.807, 2.05) is 49.6 Å². The zero-order chi connectivity index (χ0) is 18.7. The summed E-state index contributed by atoms with van der Waals surface area (Å²) in [6, 6.07) is 11.7. The van der Waals surface area contributed by atoms with E-state index in [0.29, 0.717) is 17.2 Å². The zero-order valence-electron chi connectivity index (χ0n) is 15.6. The van der Waals surface area contributed by atoms with Crippen LogP contribution in [0.1, 0.15) is 0 Å². The Morgan fingerprint density at radius 1 is 0.769 bits per heavy atom. The predicted octanol–water partition coefficient (Wildman–Crippen LogP) is 3.79. The number of aryl methyl sites for hydroxylation is 1. The number of hydrogen-bond acceptors (Lipinski definition) is 5. The van der Waals surface area contributed by atoms with Crippen molar-refractivity contribution in [3.05, 3.63) is 42.6 Å². The van der Waals surface area contributed by atoms with Gasteiger partial charge in [0.2, 0.25) is 5.75 Å². The van der Waals surface area contributed by atoms with Crippen molar-refractivity contribution in [1.29, 1.82) is 0 Å². The first-order valence-corrected chi connectivity index (χ1v) is 8.09. The molecular formula is C20H22N2O4. The second-order valence-electron chi connectivity index (χ2n) is 5.71. The summed E-state index contributed by atoms with van der Waals surface area (Å²) in [5, 5.41) is 4.64. The molecule has 0 radical (unpaired) electrons. The lowest BCUT2D eigenvalue weighted by Gasteiger charge is -2.14. The van der Waals surface area contributed by atoms with Crippen LogP contribution in [-0.2, 0) is 7.05 Å². The van der Waals surface area contributed by atoms with E-state index in [1.165, 1.54) is 0 Å². The Labute approximate surface area is 152 Å². The largest absolute Gasteiger partial charge is 0.497 e. The van der Waals surface area contributed by atoms with Crippen LogP contribution < -0.4 is 18.9 Å². The van der Waals surface area contributed by atoms with E-state index < -0.39 is 0 Å². The molecule has 0 aliphatic heterocycles. The maximum atomic E-state index is 5.47. The van der Waals surface area contributed by atoms with Crippen LogP contribution in [0.5, 0.6) is 23.0 Å². The molecule has 0 bridgehead atoms. The highest BCUT2D eigenvalue weighted by molar-refractivity contribution is 5.82. The summed E-state index contributed by atoms with van der Waals surface area (Å²) in [7, 11) is 8.34. The molecule has 0 saturated carbocycles. The van der Waals surface area contributed by atoms with Crippen LogP contribution in [0.3, 0.4) is 0 Å². The van der Waals surface area contributed by atoms with E-state index in [2.05, 4.69) is 5.10 Å². The maximum Gasteiger partial charge on any atom is 0.203 e. The van der Waals surface area contributed by atoms with Crippen LogP contribution in [0.25, 0.3) is 22.4 Å². The van der Waals surface area contributed by atoms with Crippen LogP contribution in [0.2, 0.25) is 0 Å². The van der Waals surface area contributed by atoms with Gasteiger partial charge in [0.25, 0.3) is 0 Å². The van der Waals surface area contributed by atoms with Gasteiger partial charge in [-0.05, 0) is 29.8 Å². The van der Waals surface area contributed by atoms with Gasteiger partial charge >= 0.3 is 0 Å². The van der Waals surface area contributed by atoms with Crippen LogP contribution in [0.15, 0.2) is 42.6 Å². The van der Waals surface area contributed by atoms with Gasteiger partial charge < -0.3 is 18.9 Å². The molecule has 0 aliphatic carbocycles. The fourth-order valence-electron chi connectivity index (χ4n) is 2.90. The van der Waals surface area contributed by atoms with Gasteiger partial charge in [-0.15, -0.1) is 0 Å². The van der Waals surface area contributed by atoms with Gasteiger partial charge in [-0.3, -0.25) is 4.68 Å². The Balaban J connectivity index is 2.15. The molecule has 3 aromatic rings. The summed E-state index contributed by atoms with van der Waals surface area (Å²) in [4.78, 5) is 0. The molecule has 6 heteroatoms. The van der Waals surface area contributed by atoms with Crippen molar-refractivity contribution in [1.82, 2.24) is 9.78 Å². The van der Waals surface area contributed by atoms with E-state index >= 15 is 0 Å². The lowest BCUT2D eigenvalue weighted by molar-refractivity contribution is 0.324. The molecule has 0 spiro atoms. The lowest BCUT2D eigenvalue weighted by Crippen LogP contribution is -1.96. The van der Waals surface area contributed by atoms with Crippen LogP contribution in [-0.4, -0.2) is 38.2 Å². The van der Waals surface area contributed by atoms with Gasteiger partial charge in [-0.2, -0.15) is 5.10 Å². The van der Waals surface area contributed by atoms with Gasteiger partial charge in [0.15, 0.2) is 11.5 Å². The summed E-state index contributed by atoms with van der Waals surface area (Å²) in [5.41, 5.74) is 3.76. The van der Waals surface area contributed by atoms with Gasteiger partial charge in [-0.25, -0.2) is 0 Å². The molecule has 0 N–H and O–H groups in total. The SMILES string of the molecule is COc1ccc(-c2cn(C)nc2-c2cc(OC)c(OC)c(OC)c2)cc1. The molecule has 0 fully saturated rings. The number of ether oxygens (including phenoxy) is 4. The topological polar surface area (TPSA) is 54.7 Å². The minimum Gasteiger partial charge on any atom is -0.497 e. The first-order valence-electron chi connectivity index (χ1n) is 8.09.